The van der Waals surface area contributed by atoms with E-state index in [2.05, 4.69) is 68.3 Å². The molecule has 4 fully saturated rings. The summed E-state index contributed by atoms with van der Waals surface area (Å²) >= 11 is 0. The first-order valence-corrected chi connectivity index (χ1v) is 28.7. The predicted molar refractivity (Wildman–Crippen MR) is 308 cm³/mol. The minimum atomic E-state index is -0.651. The van der Waals surface area contributed by atoms with Crippen LogP contribution in [0.4, 0.5) is 0 Å². The highest BCUT2D eigenvalue weighted by Crippen LogP contribution is 2.53. The van der Waals surface area contributed by atoms with Crippen LogP contribution in [0.5, 0.6) is 34.5 Å². The molecule has 6 aromatic rings. The fraction of sp³-hybridized carbons (Fsp3) is 0.500. The summed E-state index contributed by atoms with van der Waals surface area (Å²) in [5, 5.41) is 2.55. The van der Waals surface area contributed by atoms with Gasteiger partial charge in [-0.15, -0.1) is 0 Å². The van der Waals surface area contributed by atoms with Crippen molar-refractivity contribution in [1.29, 1.82) is 0 Å². The molecule has 20 nitrogen and oxygen atoms in total. The molecule has 6 heterocycles. The lowest BCUT2D eigenvalue weighted by molar-refractivity contribution is -0.176. The fourth-order valence-electron chi connectivity index (χ4n) is 15.2. The van der Waals surface area contributed by atoms with Crippen LogP contribution in [-0.4, -0.2) is 165 Å². The summed E-state index contributed by atoms with van der Waals surface area (Å²) in [6.45, 7) is 3.48. The number of hydrogen-bond donors (Lipinski definition) is 2. The van der Waals surface area contributed by atoms with E-state index in [1.54, 1.807) is 38.5 Å². The van der Waals surface area contributed by atoms with Crippen molar-refractivity contribution < 1.29 is 76.0 Å². The molecule has 12 atom stereocenters. The molecule has 0 unspecified atom stereocenters. The summed E-state index contributed by atoms with van der Waals surface area (Å²) in [7, 11) is 14.9. The smallest absolute Gasteiger partial charge is 0.338 e. The van der Waals surface area contributed by atoms with E-state index in [0.29, 0.717) is 47.3 Å². The van der Waals surface area contributed by atoms with E-state index in [-0.39, 0.29) is 58.8 Å². The van der Waals surface area contributed by atoms with Crippen molar-refractivity contribution in [2.45, 2.75) is 75.0 Å². The van der Waals surface area contributed by atoms with Gasteiger partial charge in [-0.05, 0) is 110 Å². The number of H-pyrrole nitrogens is 2. The number of piperidine rings is 2. The molecule has 2 N–H and O–H groups in total. The number of benzene rings is 4. The van der Waals surface area contributed by atoms with Crippen molar-refractivity contribution in [3.8, 4) is 34.5 Å². The Bertz CT molecular complexity index is 3140. The Labute approximate surface area is 488 Å². The van der Waals surface area contributed by atoms with Crippen LogP contribution in [0.15, 0.2) is 72.8 Å². The molecular weight excluding hydrogens is 1080 g/mol. The third-order valence-electron chi connectivity index (χ3n) is 18.9. The highest BCUT2D eigenvalue weighted by atomic mass is 16.6. The maximum atomic E-state index is 13.5. The van der Waals surface area contributed by atoms with Gasteiger partial charge in [-0.2, -0.15) is 0 Å². The number of carbonyl (C=O) groups excluding carboxylic acids is 4. The van der Waals surface area contributed by atoms with Gasteiger partial charge in [-0.25, -0.2) is 9.59 Å². The molecule has 448 valence electrons. The van der Waals surface area contributed by atoms with Gasteiger partial charge in [0.05, 0.1) is 91.9 Å². The Hall–Kier alpha value is -7.52. The molecule has 0 radical (unpaired) electrons. The van der Waals surface area contributed by atoms with Gasteiger partial charge in [0, 0.05) is 73.6 Å². The highest BCUT2D eigenvalue weighted by Gasteiger charge is 2.56. The van der Waals surface area contributed by atoms with Gasteiger partial charge < -0.3 is 66.8 Å². The lowest BCUT2D eigenvalue weighted by Gasteiger charge is -2.52. The summed E-state index contributed by atoms with van der Waals surface area (Å²) < 4.78 is 67.2. The number of ether oxygens (including phenoxy) is 12. The molecule has 2 aliphatic carbocycles. The van der Waals surface area contributed by atoms with Gasteiger partial charge in [-0.3, -0.25) is 19.4 Å². The fourth-order valence-corrected chi connectivity index (χ4v) is 15.2. The lowest BCUT2D eigenvalue weighted by Crippen LogP contribution is -2.58. The van der Waals surface area contributed by atoms with E-state index >= 15 is 0 Å². The van der Waals surface area contributed by atoms with E-state index in [4.69, 9.17) is 56.8 Å². The second-order valence-corrected chi connectivity index (χ2v) is 22.7. The molecular formula is C64H76N4O16. The molecule has 0 amide bonds. The average Bonchev–Trinajstić information content (AvgIpc) is 1.83. The maximum absolute atomic E-state index is 13.5. The standard InChI is InChI=1S/2C32H38N2O8/c2*1-37-24-12-17(13-25(38-2)29(24)39-3)31(35)42-26-14-18-16-34-11-10-20-19-8-6-7-9-22(19)33-28(20)23(34)15-21(18)27(30(26)40-4)32(36)41-5/h2*6-9,12-13,18,21,23,26-27,30,33H,10-11,14-16H2,1-5H3/t2*18-,21+,23-,26-,27+,30+/m11/s1. The Kier molecular flexibility index (Phi) is 17.1. The molecule has 2 saturated heterocycles. The number of aromatic nitrogens is 2. The van der Waals surface area contributed by atoms with Crippen LogP contribution < -0.4 is 28.4 Å². The molecule has 6 aliphatic rings. The van der Waals surface area contributed by atoms with E-state index in [9.17, 15) is 19.2 Å². The third-order valence-corrected chi connectivity index (χ3v) is 18.9. The normalized spacial score (nSPS) is 26.9. The zero-order valence-electron chi connectivity index (χ0n) is 49.4. The molecule has 0 spiro atoms. The quantitative estimate of drug-likeness (QED) is 0.0774. The van der Waals surface area contributed by atoms with Crippen molar-refractivity contribution in [2.75, 3.05) is 97.3 Å². The number of esters is 4. The van der Waals surface area contributed by atoms with E-state index in [0.717, 1.165) is 62.9 Å². The Balaban J connectivity index is 0.000000175. The Morgan fingerprint density at radius 2 is 0.845 bits per heavy atom. The Morgan fingerprint density at radius 3 is 1.18 bits per heavy atom. The molecule has 84 heavy (non-hydrogen) atoms. The zero-order chi connectivity index (χ0) is 59.1. The minimum absolute atomic E-state index is 0.0112. The molecule has 12 rings (SSSR count). The summed E-state index contributed by atoms with van der Waals surface area (Å²) in [5.41, 5.74) is 8.03. The van der Waals surface area contributed by atoms with E-state index < -0.39 is 48.2 Å². The summed E-state index contributed by atoms with van der Waals surface area (Å²) in [5.74, 6) is -0.509. The largest absolute Gasteiger partial charge is 0.493 e. The minimum Gasteiger partial charge on any atom is -0.493 e. The van der Waals surface area contributed by atoms with Crippen molar-refractivity contribution in [2.24, 2.45) is 35.5 Å². The predicted octanol–water partition coefficient (Wildman–Crippen LogP) is 8.33. The number of para-hydroxylation sites is 2. The SMILES string of the molecule is COC(=O)[C@H]1[C@H]2C[C@@H]3c4[nH]c5ccccc5c4CCN3C[C@H]2C[C@@H](OC(=O)c2cc(OC)c(OC)c(OC)c2)[C@@H]1OC.COC(=O)[C@H]1[C@H]2C[C@@H]3c4[nH]c5ccccc5c4CCN3C[C@H]2C[C@@H](OC(=O)c2cc(OC)c(OC)c(OC)c2)[C@@H]1OC. The number of aromatic amines is 2. The first-order valence-electron chi connectivity index (χ1n) is 28.7. The number of nitrogens with zero attached hydrogens (tertiary/aromatic N) is 2. The maximum Gasteiger partial charge on any atom is 0.338 e. The monoisotopic (exact) mass is 1160 g/mol. The highest BCUT2D eigenvalue weighted by molar-refractivity contribution is 5.92. The first kappa shape index (κ1) is 58.3. The van der Waals surface area contributed by atoms with Crippen molar-refractivity contribution >= 4 is 45.7 Å². The second-order valence-electron chi connectivity index (χ2n) is 22.7. The number of hydrogen-bond acceptors (Lipinski definition) is 18. The van der Waals surface area contributed by atoms with Gasteiger partial charge in [0.15, 0.2) is 23.0 Å². The number of rotatable bonds is 14. The summed E-state index contributed by atoms with van der Waals surface area (Å²) in [6, 6.07) is 23.4. The van der Waals surface area contributed by atoms with Gasteiger partial charge in [-0.1, -0.05) is 36.4 Å². The van der Waals surface area contributed by atoms with Crippen molar-refractivity contribution in [1.82, 2.24) is 19.8 Å². The van der Waals surface area contributed by atoms with E-state index in [1.807, 2.05) is 0 Å². The Morgan fingerprint density at radius 1 is 0.476 bits per heavy atom. The van der Waals surface area contributed by atoms with Crippen LogP contribution in [0.3, 0.4) is 0 Å². The number of carbonyl (C=O) groups is 4. The molecule has 4 aromatic carbocycles. The van der Waals surface area contributed by atoms with Gasteiger partial charge in [0.1, 0.15) is 24.4 Å². The summed E-state index contributed by atoms with van der Waals surface area (Å²) in [4.78, 5) is 66.1. The number of methoxy groups -OCH3 is 10. The zero-order valence-corrected chi connectivity index (χ0v) is 49.4. The van der Waals surface area contributed by atoms with Crippen LogP contribution in [0.25, 0.3) is 21.8 Å². The first-order chi connectivity index (χ1) is 40.8. The average molecular weight is 1160 g/mol. The van der Waals surface area contributed by atoms with Gasteiger partial charge in [0.25, 0.3) is 0 Å². The van der Waals surface area contributed by atoms with Gasteiger partial charge in [0.2, 0.25) is 11.5 Å². The second kappa shape index (κ2) is 24.6. The van der Waals surface area contributed by atoms with E-state index in [1.165, 1.54) is 90.2 Å². The molecule has 2 saturated carbocycles. The molecule has 20 heteroatoms. The number of nitrogens with one attached hydrogen (secondary N) is 2. The van der Waals surface area contributed by atoms with Crippen LogP contribution >= 0.6 is 0 Å². The molecule has 0 bridgehead atoms. The van der Waals surface area contributed by atoms with Crippen molar-refractivity contribution in [3.63, 3.8) is 0 Å². The van der Waals surface area contributed by atoms with Crippen LogP contribution in [-0.2, 0) is 50.9 Å². The van der Waals surface area contributed by atoms with Crippen LogP contribution in [0.1, 0.15) is 81.0 Å². The van der Waals surface area contributed by atoms with Crippen LogP contribution in [0, 0.1) is 35.5 Å². The third kappa shape index (κ3) is 10.4. The lowest BCUT2D eigenvalue weighted by atomic mass is 9.63. The van der Waals surface area contributed by atoms with Gasteiger partial charge >= 0.3 is 23.9 Å². The molecule has 2 aromatic heterocycles. The number of fused-ring (bicyclic) bond motifs is 12. The summed E-state index contributed by atoms with van der Waals surface area (Å²) in [6.07, 6.45) is 2.08. The topological polar surface area (TPSA) is 217 Å². The van der Waals surface area contributed by atoms with Crippen molar-refractivity contribution in [3.05, 3.63) is 106 Å². The molecule has 4 aliphatic heterocycles. The van der Waals surface area contributed by atoms with Crippen LogP contribution in [0.2, 0.25) is 0 Å².